The summed E-state index contributed by atoms with van der Waals surface area (Å²) in [5, 5.41) is 7.10. The quantitative estimate of drug-likeness (QED) is 0.655. The van der Waals surface area contributed by atoms with Gasteiger partial charge in [0.15, 0.2) is 0 Å². The van der Waals surface area contributed by atoms with E-state index in [2.05, 4.69) is 16.6 Å². The van der Waals surface area contributed by atoms with Crippen molar-refractivity contribution in [2.75, 3.05) is 13.1 Å². The molecule has 0 radical (unpaired) electrons. The Hall–Kier alpha value is -0.520. The van der Waals surface area contributed by atoms with Gasteiger partial charge in [0, 0.05) is 12.1 Å². The molecule has 1 saturated carbocycles. The van der Waals surface area contributed by atoms with Gasteiger partial charge in [0.1, 0.15) is 0 Å². The maximum Gasteiger partial charge on any atom is 0.0576 e. The summed E-state index contributed by atoms with van der Waals surface area (Å²) in [6, 6.07) is 1.43. The zero-order valence-electron chi connectivity index (χ0n) is 8.76. The minimum Gasteiger partial charge on any atom is -0.314 e. The van der Waals surface area contributed by atoms with E-state index in [9.17, 15) is 0 Å². The van der Waals surface area contributed by atoms with Crippen molar-refractivity contribution < 1.29 is 0 Å². The standard InChI is InChI=1S/C12H20N2/c1-2-8-13-11-6-3-5-10(11)12-7-4-9-14-12/h1,10-14H,3-9H2. The van der Waals surface area contributed by atoms with E-state index in [4.69, 9.17) is 6.42 Å². The lowest BCUT2D eigenvalue weighted by Crippen LogP contribution is -2.42. The van der Waals surface area contributed by atoms with Crippen molar-refractivity contribution >= 4 is 0 Å². The molecule has 0 bridgehead atoms. The smallest absolute Gasteiger partial charge is 0.0576 e. The Morgan fingerprint density at radius 3 is 2.93 bits per heavy atom. The van der Waals surface area contributed by atoms with Crippen LogP contribution in [0.3, 0.4) is 0 Å². The molecular formula is C12H20N2. The monoisotopic (exact) mass is 192 g/mol. The van der Waals surface area contributed by atoms with Crippen LogP contribution in [0.4, 0.5) is 0 Å². The van der Waals surface area contributed by atoms with E-state index < -0.39 is 0 Å². The fourth-order valence-corrected chi connectivity index (χ4v) is 2.99. The molecule has 0 amide bonds. The molecule has 1 aliphatic carbocycles. The topological polar surface area (TPSA) is 24.1 Å². The maximum absolute atomic E-state index is 5.28. The van der Waals surface area contributed by atoms with Gasteiger partial charge in [0.2, 0.25) is 0 Å². The van der Waals surface area contributed by atoms with Crippen molar-refractivity contribution in [1.29, 1.82) is 0 Å². The van der Waals surface area contributed by atoms with Crippen molar-refractivity contribution in [3.63, 3.8) is 0 Å². The molecule has 2 heteroatoms. The molecule has 14 heavy (non-hydrogen) atoms. The SMILES string of the molecule is C#CCNC1CCCC1C1CCCN1. The number of rotatable bonds is 3. The molecule has 0 aromatic carbocycles. The lowest BCUT2D eigenvalue weighted by molar-refractivity contribution is 0.329. The molecule has 2 aliphatic rings. The van der Waals surface area contributed by atoms with Crippen molar-refractivity contribution in [2.24, 2.45) is 5.92 Å². The molecule has 0 spiro atoms. The van der Waals surface area contributed by atoms with E-state index in [-0.39, 0.29) is 0 Å². The first kappa shape index (κ1) is 10.0. The van der Waals surface area contributed by atoms with E-state index in [0.29, 0.717) is 6.04 Å². The van der Waals surface area contributed by atoms with Crippen molar-refractivity contribution in [3.8, 4) is 12.3 Å². The molecule has 78 valence electrons. The Balaban J connectivity index is 1.86. The summed E-state index contributed by atoms with van der Waals surface area (Å²) in [5.74, 6) is 3.50. The van der Waals surface area contributed by atoms with Crippen LogP contribution in [-0.2, 0) is 0 Å². The number of terminal acetylenes is 1. The van der Waals surface area contributed by atoms with Crippen LogP contribution in [0.2, 0.25) is 0 Å². The number of hydrogen-bond donors (Lipinski definition) is 2. The van der Waals surface area contributed by atoms with Gasteiger partial charge in [-0.05, 0) is 38.1 Å². The minimum atomic E-state index is 0.668. The van der Waals surface area contributed by atoms with Crippen LogP contribution in [-0.4, -0.2) is 25.2 Å². The summed E-state index contributed by atoms with van der Waals surface area (Å²) in [6.07, 6.45) is 12.0. The Morgan fingerprint density at radius 2 is 2.21 bits per heavy atom. The molecular weight excluding hydrogens is 172 g/mol. The van der Waals surface area contributed by atoms with Crippen LogP contribution >= 0.6 is 0 Å². The molecule has 2 rings (SSSR count). The molecule has 2 nitrogen and oxygen atoms in total. The van der Waals surface area contributed by atoms with Gasteiger partial charge in [-0.3, -0.25) is 0 Å². The molecule has 1 aliphatic heterocycles. The Morgan fingerprint density at radius 1 is 1.29 bits per heavy atom. The van der Waals surface area contributed by atoms with Crippen LogP contribution in [0.5, 0.6) is 0 Å². The summed E-state index contributed by atoms with van der Waals surface area (Å²) in [4.78, 5) is 0. The fraction of sp³-hybridized carbons (Fsp3) is 0.833. The third kappa shape index (κ3) is 2.10. The van der Waals surface area contributed by atoms with E-state index in [1.54, 1.807) is 0 Å². The average Bonchev–Trinajstić information content (AvgIpc) is 2.84. The largest absolute Gasteiger partial charge is 0.314 e. The summed E-state index contributed by atoms with van der Waals surface area (Å²) in [5.41, 5.74) is 0. The molecule has 2 N–H and O–H groups in total. The lowest BCUT2D eigenvalue weighted by atomic mass is 9.93. The Bertz CT molecular complexity index is 213. The van der Waals surface area contributed by atoms with Gasteiger partial charge < -0.3 is 10.6 Å². The highest BCUT2D eigenvalue weighted by atomic mass is 15.0. The summed E-state index contributed by atoms with van der Waals surface area (Å²) in [7, 11) is 0. The highest BCUT2D eigenvalue weighted by molar-refractivity contribution is 4.96. The third-order valence-electron chi connectivity index (χ3n) is 3.65. The normalized spacial score (nSPS) is 37.2. The van der Waals surface area contributed by atoms with E-state index in [1.165, 1.54) is 38.6 Å². The average molecular weight is 192 g/mol. The fourth-order valence-electron chi connectivity index (χ4n) is 2.99. The van der Waals surface area contributed by atoms with Gasteiger partial charge in [-0.25, -0.2) is 0 Å². The first-order valence-corrected chi connectivity index (χ1v) is 5.82. The predicted octanol–water partition coefficient (Wildman–Crippen LogP) is 1.13. The van der Waals surface area contributed by atoms with Gasteiger partial charge in [-0.2, -0.15) is 0 Å². The van der Waals surface area contributed by atoms with Crippen molar-refractivity contribution in [3.05, 3.63) is 0 Å². The van der Waals surface area contributed by atoms with Gasteiger partial charge in [0.05, 0.1) is 6.54 Å². The summed E-state index contributed by atoms with van der Waals surface area (Å²) < 4.78 is 0. The van der Waals surface area contributed by atoms with E-state index in [1.807, 2.05) is 0 Å². The Kier molecular flexibility index (Phi) is 3.44. The van der Waals surface area contributed by atoms with Gasteiger partial charge in [-0.15, -0.1) is 6.42 Å². The summed E-state index contributed by atoms with van der Waals surface area (Å²) >= 11 is 0. The van der Waals surface area contributed by atoms with Crippen molar-refractivity contribution in [1.82, 2.24) is 10.6 Å². The maximum atomic E-state index is 5.28. The Labute approximate surface area is 86.8 Å². The van der Waals surface area contributed by atoms with Crippen LogP contribution < -0.4 is 10.6 Å². The summed E-state index contributed by atoms with van der Waals surface area (Å²) in [6.45, 7) is 1.94. The molecule has 3 unspecified atom stereocenters. The van der Waals surface area contributed by atoms with Crippen molar-refractivity contribution in [2.45, 2.75) is 44.2 Å². The molecule has 1 heterocycles. The first-order chi connectivity index (χ1) is 6.92. The molecule has 0 aromatic rings. The highest BCUT2D eigenvalue weighted by Crippen LogP contribution is 2.31. The molecule has 0 aromatic heterocycles. The highest BCUT2D eigenvalue weighted by Gasteiger charge is 2.34. The van der Waals surface area contributed by atoms with Gasteiger partial charge >= 0.3 is 0 Å². The van der Waals surface area contributed by atoms with Crippen LogP contribution in [0.15, 0.2) is 0 Å². The van der Waals surface area contributed by atoms with Crippen LogP contribution in [0.25, 0.3) is 0 Å². The second-order valence-electron chi connectivity index (χ2n) is 4.49. The second-order valence-corrected chi connectivity index (χ2v) is 4.49. The minimum absolute atomic E-state index is 0.668. The van der Waals surface area contributed by atoms with E-state index in [0.717, 1.165) is 18.5 Å². The van der Waals surface area contributed by atoms with E-state index >= 15 is 0 Å². The van der Waals surface area contributed by atoms with Crippen LogP contribution in [0, 0.1) is 18.3 Å². The molecule has 2 fully saturated rings. The number of nitrogens with one attached hydrogen (secondary N) is 2. The lowest BCUT2D eigenvalue weighted by Gasteiger charge is -2.25. The zero-order valence-corrected chi connectivity index (χ0v) is 8.76. The zero-order chi connectivity index (χ0) is 9.80. The third-order valence-corrected chi connectivity index (χ3v) is 3.65. The number of hydrogen-bond acceptors (Lipinski definition) is 2. The van der Waals surface area contributed by atoms with Gasteiger partial charge in [-0.1, -0.05) is 12.3 Å². The molecule has 1 saturated heterocycles. The second kappa shape index (κ2) is 4.82. The predicted molar refractivity (Wildman–Crippen MR) is 59.0 cm³/mol. The van der Waals surface area contributed by atoms with Crippen LogP contribution in [0.1, 0.15) is 32.1 Å². The first-order valence-electron chi connectivity index (χ1n) is 5.82. The molecule has 3 atom stereocenters. The van der Waals surface area contributed by atoms with Gasteiger partial charge in [0.25, 0.3) is 0 Å².